The van der Waals surface area contributed by atoms with Gasteiger partial charge in [0.2, 0.25) is 16.0 Å². The average Bonchev–Trinajstić information content (AvgIpc) is 2.30. The van der Waals surface area contributed by atoms with Gasteiger partial charge in [-0.2, -0.15) is 0 Å². The maximum absolute atomic E-state index is 10.7. The molecule has 0 fully saturated rings. The monoisotopic (exact) mass is 281 g/mol. The maximum Gasteiger partial charge on any atom is 0.209 e. The Labute approximate surface area is 108 Å². The summed E-state index contributed by atoms with van der Waals surface area (Å²) in [4.78, 5) is 4.07. The van der Waals surface area contributed by atoms with Crippen molar-refractivity contribution in [3.8, 4) is 0 Å². The van der Waals surface area contributed by atoms with Crippen molar-refractivity contribution < 1.29 is 13.2 Å². The second-order valence-corrected chi connectivity index (χ2v) is 5.31. The molecular weight excluding hydrogens is 258 g/mol. The number of nitrogens with one attached hydrogen (secondary N) is 2. The maximum atomic E-state index is 10.7. The summed E-state index contributed by atoms with van der Waals surface area (Å²) in [5.41, 5.74) is 2.41. The van der Waals surface area contributed by atoms with E-state index in [0.29, 0.717) is 38.7 Å². The normalized spacial score (nSPS) is 12.5. The van der Waals surface area contributed by atoms with Gasteiger partial charge < -0.3 is 10.1 Å². The van der Waals surface area contributed by atoms with Crippen LogP contribution in [0.2, 0.25) is 0 Å². The molecule has 0 spiro atoms. The van der Waals surface area contributed by atoms with Crippen LogP contribution >= 0.6 is 0 Å². The van der Waals surface area contributed by atoms with Crippen molar-refractivity contribution >= 4 is 16.0 Å². The Morgan fingerprint density at radius 3 is 2.67 bits per heavy atom. The Hall–Kier alpha value is -0.900. The highest BCUT2D eigenvalue weighted by Gasteiger charge is 2.01. The molecule has 0 aromatic heterocycles. The molecule has 0 aliphatic heterocycles. The van der Waals surface area contributed by atoms with Crippen molar-refractivity contribution in [1.29, 1.82) is 0 Å². The molecule has 8 nitrogen and oxygen atoms in total. The average molecular weight is 281 g/mol. The first-order valence-corrected chi connectivity index (χ1v) is 7.54. The van der Waals surface area contributed by atoms with Crippen LogP contribution in [0.15, 0.2) is 4.99 Å². The first-order chi connectivity index (χ1) is 8.49. The number of hydrogen-bond acceptors (Lipinski definition) is 5. The van der Waals surface area contributed by atoms with Crippen molar-refractivity contribution in [1.82, 2.24) is 10.7 Å². The molecule has 0 atom stereocenters. The molecule has 108 valence electrons. The molecule has 0 bridgehead atoms. The van der Waals surface area contributed by atoms with Gasteiger partial charge in [0.25, 0.3) is 0 Å². The predicted octanol–water partition coefficient (Wildman–Crippen LogP) is -1.50. The van der Waals surface area contributed by atoms with Crippen molar-refractivity contribution in [2.24, 2.45) is 16.0 Å². The molecule has 0 unspecified atom stereocenters. The van der Waals surface area contributed by atoms with E-state index < -0.39 is 10.0 Å². The third-order valence-electron chi connectivity index (χ3n) is 1.96. The Balaban J connectivity index is 3.73. The smallest absolute Gasteiger partial charge is 0.209 e. The summed E-state index contributed by atoms with van der Waals surface area (Å²) < 4.78 is 26.5. The van der Waals surface area contributed by atoms with Crippen molar-refractivity contribution in [3.05, 3.63) is 0 Å². The van der Waals surface area contributed by atoms with Crippen LogP contribution < -0.4 is 21.7 Å². The fourth-order valence-electron chi connectivity index (χ4n) is 1.13. The minimum Gasteiger partial charge on any atom is -0.382 e. The summed E-state index contributed by atoms with van der Waals surface area (Å²) in [5, 5.41) is 7.84. The first kappa shape index (κ1) is 17.1. The molecule has 0 radical (unpaired) electrons. The van der Waals surface area contributed by atoms with Crippen molar-refractivity contribution in [2.75, 3.05) is 32.1 Å². The molecule has 0 aliphatic carbocycles. The third-order valence-corrected chi connectivity index (χ3v) is 2.81. The molecule has 9 heteroatoms. The van der Waals surface area contributed by atoms with Crippen LogP contribution in [0.3, 0.4) is 0 Å². The van der Waals surface area contributed by atoms with Gasteiger partial charge in [-0.1, -0.05) is 0 Å². The van der Waals surface area contributed by atoms with E-state index in [4.69, 9.17) is 15.7 Å². The molecule has 0 heterocycles. The highest BCUT2D eigenvalue weighted by molar-refractivity contribution is 7.89. The van der Waals surface area contributed by atoms with Crippen LogP contribution in [-0.2, 0) is 14.8 Å². The van der Waals surface area contributed by atoms with E-state index in [-0.39, 0.29) is 5.75 Å². The van der Waals surface area contributed by atoms with Crippen LogP contribution in [0.25, 0.3) is 0 Å². The molecule has 0 rings (SSSR count). The second kappa shape index (κ2) is 10.1. The van der Waals surface area contributed by atoms with Crippen LogP contribution in [0.5, 0.6) is 0 Å². The van der Waals surface area contributed by atoms with Crippen LogP contribution in [0.4, 0.5) is 0 Å². The van der Waals surface area contributed by atoms with Gasteiger partial charge in [0.1, 0.15) is 0 Å². The number of aliphatic imine (C=N–C) groups is 1. The van der Waals surface area contributed by atoms with E-state index in [9.17, 15) is 8.42 Å². The third kappa shape index (κ3) is 11.6. The lowest BCUT2D eigenvalue weighted by atomic mass is 10.4. The minimum atomic E-state index is -3.41. The largest absolute Gasteiger partial charge is 0.382 e. The van der Waals surface area contributed by atoms with E-state index in [1.165, 1.54) is 0 Å². The highest BCUT2D eigenvalue weighted by Crippen LogP contribution is 1.87. The van der Waals surface area contributed by atoms with Gasteiger partial charge in [-0.05, 0) is 19.8 Å². The zero-order valence-corrected chi connectivity index (χ0v) is 11.5. The Kier molecular flexibility index (Phi) is 9.56. The summed E-state index contributed by atoms with van der Waals surface area (Å²) in [7, 11) is -3.41. The lowest BCUT2D eigenvalue weighted by molar-refractivity contribution is 0.145. The van der Waals surface area contributed by atoms with Crippen LogP contribution in [-0.4, -0.2) is 46.4 Å². The topological polar surface area (TPSA) is 132 Å². The van der Waals surface area contributed by atoms with Crippen LogP contribution in [0.1, 0.15) is 19.8 Å². The second-order valence-electron chi connectivity index (χ2n) is 3.57. The number of sulfonamides is 1. The predicted molar refractivity (Wildman–Crippen MR) is 71.3 cm³/mol. The standard InChI is InChI=1S/C9H23N5O3S/c1-2-17-7-3-5-12-9(14-10)13-6-4-8-18(11,15)16/h2-8,10H2,1H3,(H2,11,15,16)(H2,12,13,14). The van der Waals surface area contributed by atoms with Gasteiger partial charge in [-0.25, -0.2) is 19.4 Å². The lowest BCUT2D eigenvalue weighted by Crippen LogP contribution is -2.42. The summed E-state index contributed by atoms with van der Waals surface area (Å²) in [6, 6.07) is 0. The number of nitrogens with zero attached hydrogens (tertiary/aromatic N) is 1. The Morgan fingerprint density at radius 2 is 2.11 bits per heavy atom. The Bertz CT molecular complexity index is 331. The van der Waals surface area contributed by atoms with Gasteiger partial charge in [0.15, 0.2) is 0 Å². The van der Waals surface area contributed by atoms with Gasteiger partial charge in [-0.3, -0.25) is 10.4 Å². The number of ether oxygens (including phenoxy) is 1. The fraction of sp³-hybridized carbons (Fsp3) is 0.889. The lowest BCUT2D eigenvalue weighted by Gasteiger charge is -2.08. The molecule has 0 aliphatic rings. The van der Waals surface area contributed by atoms with Gasteiger partial charge in [-0.15, -0.1) is 0 Å². The number of nitrogens with two attached hydrogens (primary N) is 2. The first-order valence-electron chi connectivity index (χ1n) is 5.82. The van der Waals surface area contributed by atoms with Gasteiger partial charge in [0.05, 0.1) is 5.75 Å². The molecule has 0 saturated heterocycles. The summed E-state index contributed by atoms with van der Waals surface area (Å²) in [6.07, 6.45) is 1.20. The number of rotatable bonds is 9. The SMILES string of the molecule is CCOCCCNC(=NCCCS(N)(=O)=O)NN. The molecular formula is C9H23N5O3S. The molecule has 0 aromatic carbocycles. The van der Waals surface area contributed by atoms with Gasteiger partial charge in [0, 0.05) is 26.3 Å². The number of primary sulfonamides is 1. The highest BCUT2D eigenvalue weighted by atomic mass is 32.2. The molecule has 6 N–H and O–H groups in total. The molecule has 18 heavy (non-hydrogen) atoms. The summed E-state index contributed by atoms with van der Waals surface area (Å²) >= 11 is 0. The van der Waals surface area contributed by atoms with E-state index in [0.717, 1.165) is 6.42 Å². The number of hydrogen-bond donors (Lipinski definition) is 4. The summed E-state index contributed by atoms with van der Waals surface area (Å²) in [6.45, 7) is 4.33. The van der Waals surface area contributed by atoms with E-state index in [2.05, 4.69) is 15.7 Å². The van der Waals surface area contributed by atoms with Crippen molar-refractivity contribution in [2.45, 2.75) is 19.8 Å². The molecule has 0 saturated carbocycles. The van der Waals surface area contributed by atoms with Crippen molar-refractivity contribution in [3.63, 3.8) is 0 Å². The zero-order valence-electron chi connectivity index (χ0n) is 10.7. The van der Waals surface area contributed by atoms with Gasteiger partial charge >= 0.3 is 0 Å². The number of guanidine groups is 1. The summed E-state index contributed by atoms with van der Waals surface area (Å²) in [5.74, 6) is 5.61. The number of hydrazine groups is 1. The Morgan fingerprint density at radius 1 is 1.39 bits per heavy atom. The fourth-order valence-corrected chi connectivity index (χ4v) is 1.67. The quantitative estimate of drug-likeness (QED) is 0.134. The zero-order chi connectivity index (χ0) is 13.9. The van der Waals surface area contributed by atoms with E-state index in [1.54, 1.807) is 0 Å². The molecule has 0 amide bonds. The minimum absolute atomic E-state index is 0.0846. The van der Waals surface area contributed by atoms with Crippen LogP contribution in [0, 0.1) is 0 Å². The molecule has 0 aromatic rings. The van der Waals surface area contributed by atoms with E-state index >= 15 is 0 Å². The van der Waals surface area contributed by atoms with E-state index in [1.807, 2.05) is 6.92 Å².